The van der Waals surface area contributed by atoms with Crippen LogP contribution in [0.1, 0.15) is 10.4 Å². The van der Waals surface area contributed by atoms with Gasteiger partial charge in [-0.1, -0.05) is 0 Å². The summed E-state index contributed by atoms with van der Waals surface area (Å²) in [4.78, 5) is 24.1. The zero-order valence-corrected chi connectivity index (χ0v) is 10.1. The zero-order chi connectivity index (χ0) is 15.5. The molecule has 0 saturated carbocycles. The van der Waals surface area contributed by atoms with Gasteiger partial charge in [0.1, 0.15) is 5.56 Å². The van der Waals surface area contributed by atoms with E-state index in [2.05, 4.69) is 19.2 Å². The number of halogens is 3. The van der Waals surface area contributed by atoms with Gasteiger partial charge in [0.15, 0.2) is 11.9 Å². The highest BCUT2D eigenvalue weighted by Crippen LogP contribution is 2.40. The predicted molar refractivity (Wildman–Crippen MR) is 55.5 cm³/mol. The van der Waals surface area contributed by atoms with E-state index in [1.165, 1.54) is 0 Å². The van der Waals surface area contributed by atoms with Gasteiger partial charge in [-0.05, 0) is 9.91 Å². The van der Waals surface area contributed by atoms with E-state index in [-0.39, 0.29) is 0 Å². The molecule has 0 bridgehead atoms. The monoisotopic (exact) mass is 296 g/mol. The average molecular weight is 296 g/mol. The molecule has 1 aromatic rings. The number of hydrogen-bond donors (Lipinski definition) is 0. The summed E-state index contributed by atoms with van der Waals surface area (Å²) in [7, 11) is 1.78. The lowest BCUT2D eigenvalue weighted by Gasteiger charge is -2.14. The molecule has 20 heavy (non-hydrogen) atoms. The fourth-order valence-corrected chi connectivity index (χ4v) is 1.25. The first-order valence-electron chi connectivity index (χ1n) is 4.76. The number of rotatable bonds is 4. The number of nitrogens with zero attached hydrogens (tertiary/aromatic N) is 2. The zero-order valence-electron chi connectivity index (χ0n) is 10.1. The molecule has 0 N–H and O–H groups in total. The molecule has 0 fully saturated rings. The standard InChI is InChI=1S/C9H7F3N2O6/c1-18-6-5(20-9(10,11)12)4(8(15)19-2)3-13-7(6)14(16)17/h3H,1-2H3. The number of ether oxygens (including phenoxy) is 3. The highest BCUT2D eigenvalue weighted by atomic mass is 19.4. The Morgan fingerprint density at radius 3 is 2.35 bits per heavy atom. The smallest absolute Gasteiger partial charge is 0.486 e. The number of pyridine rings is 1. The van der Waals surface area contributed by atoms with Gasteiger partial charge in [-0.25, -0.2) is 4.79 Å². The van der Waals surface area contributed by atoms with E-state index >= 15 is 0 Å². The molecule has 0 aliphatic carbocycles. The SMILES string of the molecule is COC(=O)c1cnc([N+](=O)[O-])c(OC)c1OC(F)(F)F. The first-order chi connectivity index (χ1) is 9.21. The second kappa shape index (κ2) is 5.59. The number of carbonyl (C=O) groups excluding carboxylic acids is 1. The average Bonchev–Trinajstić information content (AvgIpc) is 2.35. The van der Waals surface area contributed by atoms with Gasteiger partial charge in [0.05, 0.1) is 14.2 Å². The molecule has 0 spiro atoms. The Balaban J connectivity index is 3.55. The highest BCUT2D eigenvalue weighted by Gasteiger charge is 2.38. The van der Waals surface area contributed by atoms with Gasteiger partial charge in [0, 0.05) is 0 Å². The minimum absolute atomic E-state index is 0.535. The van der Waals surface area contributed by atoms with Gasteiger partial charge in [0.25, 0.3) is 5.75 Å². The Bertz CT molecular complexity index is 545. The van der Waals surface area contributed by atoms with Crippen LogP contribution in [-0.2, 0) is 4.74 Å². The Kier molecular flexibility index (Phi) is 4.32. The Morgan fingerprint density at radius 1 is 1.35 bits per heavy atom. The quantitative estimate of drug-likeness (QED) is 0.473. The molecule has 1 heterocycles. The molecule has 0 saturated heterocycles. The summed E-state index contributed by atoms with van der Waals surface area (Å²) >= 11 is 0. The van der Waals surface area contributed by atoms with Crippen LogP contribution in [0.2, 0.25) is 0 Å². The Morgan fingerprint density at radius 2 is 1.95 bits per heavy atom. The van der Waals surface area contributed by atoms with Crippen molar-refractivity contribution < 1.29 is 37.1 Å². The van der Waals surface area contributed by atoms with Crippen molar-refractivity contribution in [2.24, 2.45) is 0 Å². The second-order valence-corrected chi connectivity index (χ2v) is 3.15. The first kappa shape index (κ1) is 15.5. The van der Waals surface area contributed by atoms with Crippen LogP contribution in [0.15, 0.2) is 6.20 Å². The van der Waals surface area contributed by atoms with E-state index in [0.29, 0.717) is 6.20 Å². The van der Waals surface area contributed by atoms with Crippen LogP contribution < -0.4 is 9.47 Å². The fourth-order valence-electron chi connectivity index (χ4n) is 1.25. The molecule has 0 atom stereocenters. The van der Waals surface area contributed by atoms with Crippen LogP contribution >= 0.6 is 0 Å². The van der Waals surface area contributed by atoms with E-state index in [9.17, 15) is 28.1 Å². The van der Waals surface area contributed by atoms with Crippen molar-refractivity contribution in [3.63, 3.8) is 0 Å². The predicted octanol–water partition coefficient (Wildman–Crippen LogP) is 1.68. The normalized spacial score (nSPS) is 10.8. The number of nitro groups is 1. The van der Waals surface area contributed by atoms with Crippen molar-refractivity contribution in [1.82, 2.24) is 4.98 Å². The summed E-state index contributed by atoms with van der Waals surface area (Å²) in [6, 6.07) is 0. The minimum atomic E-state index is -5.19. The third kappa shape index (κ3) is 3.24. The molecule has 0 aliphatic rings. The second-order valence-electron chi connectivity index (χ2n) is 3.15. The highest BCUT2D eigenvalue weighted by molar-refractivity contribution is 5.93. The van der Waals surface area contributed by atoms with Gasteiger partial charge >= 0.3 is 18.1 Å². The van der Waals surface area contributed by atoms with Crippen molar-refractivity contribution in [3.05, 3.63) is 21.9 Å². The summed E-state index contributed by atoms with van der Waals surface area (Å²) in [6.07, 6.45) is -4.65. The molecule has 110 valence electrons. The number of aromatic nitrogens is 1. The maximum absolute atomic E-state index is 12.3. The van der Waals surface area contributed by atoms with Crippen LogP contribution in [0.3, 0.4) is 0 Å². The van der Waals surface area contributed by atoms with E-state index in [0.717, 1.165) is 14.2 Å². The Hall–Kier alpha value is -2.59. The summed E-state index contributed by atoms with van der Waals surface area (Å²) in [6.45, 7) is 0. The maximum Gasteiger partial charge on any atom is 0.573 e. The molecular formula is C9H7F3N2O6. The third-order valence-electron chi connectivity index (χ3n) is 1.97. The largest absolute Gasteiger partial charge is 0.573 e. The van der Waals surface area contributed by atoms with Gasteiger partial charge in [-0.3, -0.25) is 0 Å². The van der Waals surface area contributed by atoms with Crippen LogP contribution in [0.4, 0.5) is 19.0 Å². The van der Waals surface area contributed by atoms with Crippen molar-refractivity contribution in [2.45, 2.75) is 6.36 Å². The minimum Gasteiger partial charge on any atom is -0.486 e. The number of hydrogen-bond acceptors (Lipinski definition) is 7. The molecule has 8 nitrogen and oxygen atoms in total. The van der Waals surface area contributed by atoms with E-state index in [1.807, 2.05) is 0 Å². The molecule has 0 amide bonds. The van der Waals surface area contributed by atoms with Crippen molar-refractivity contribution in [1.29, 1.82) is 0 Å². The number of methoxy groups -OCH3 is 2. The van der Waals surface area contributed by atoms with Crippen LogP contribution in [-0.4, -0.2) is 36.5 Å². The van der Waals surface area contributed by atoms with Crippen LogP contribution in [0, 0.1) is 10.1 Å². The lowest BCUT2D eigenvalue weighted by Crippen LogP contribution is -2.20. The van der Waals surface area contributed by atoms with Gasteiger partial charge in [-0.15, -0.1) is 13.2 Å². The molecule has 0 aliphatic heterocycles. The summed E-state index contributed by atoms with van der Waals surface area (Å²) in [5, 5.41) is 10.7. The molecule has 1 aromatic heterocycles. The van der Waals surface area contributed by atoms with E-state index in [4.69, 9.17) is 0 Å². The number of alkyl halides is 3. The fraction of sp³-hybridized carbons (Fsp3) is 0.333. The van der Waals surface area contributed by atoms with Crippen molar-refractivity contribution in [3.8, 4) is 11.5 Å². The number of carbonyl (C=O) groups is 1. The summed E-state index contributed by atoms with van der Waals surface area (Å²) in [5.74, 6) is -4.37. The van der Waals surface area contributed by atoms with Crippen LogP contribution in [0.25, 0.3) is 0 Å². The molecule has 0 aromatic carbocycles. The van der Waals surface area contributed by atoms with Crippen molar-refractivity contribution >= 4 is 11.8 Å². The Labute approximate surface area is 109 Å². The molecule has 0 radical (unpaired) electrons. The molecular weight excluding hydrogens is 289 g/mol. The molecule has 11 heteroatoms. The molecule has 0 unspecified atom stereocenters. The van der Waals surface area contributed by atoms with Gasteiger partial charge in [-0.2, -0.15) is 0 Å². The van der Waals surface area contributed by atoms with E-state index in [1.54, 1.807) is 0 Å². The first-order valence-corrected chi connectivity index (χ1v) is 4.76. The molecule has 1 rings (SSSR count). The third-order valence-corrected chi connectivity index (χ3v) is 1.97. The summed E-state index contributed by atoms with van der Waals surface area (Å²) < 4.78 is 49.3. The summed E-state index contributed by atoms with van der Waals surface area (Å²) in [5.41, 5.74) is -0.757. The van der Waals surface area contributed by atoms with Gasteiger partial charge in [0.2, 0.25) is 0 Å². The lowest BCUT2D eigenvalue weighted by molar-refractivity contribution is -0.390. The maximum atomic E-state index is 12.3. The number of esters is 1. The lowest BCUT2D eigenvalue weighted by atomic mass is 10.2. The van der Waals surface area contributed by atoms with Crippen LogP contribution in [0.5, 0.6) is 11.5 Å². The van der Waals surface area contributed by atoms with E-state index < -0.39 is 40.1 Å². The van der Waals surface area contributed by atoms with Gasteiger partial charge < -0.3 is 24.3 Å². The topological polar surface area (TPSA) is 101 Å². The van der Waals surface area contributed by atoms with Crippen molar-refractivity contribution in [2.75, 3.05) is 14.2 Å².